The summed E-state index contributed by atoms with van der Waals surface area (Å²) in [5.41, 5.74) is 4.24. The minimum absolute atomic E-state index is 0.735. The molecule has 0 radical (unpaired) electrons. The molecule has 0 bridgehead atoms. The molecule has 3 heteroatoms. The molecule has 1 fully saturated rings. The Kier molecular flexibility index (Phi) is 2.49. The van der Waals surface area contributed by atoms with Crippen LogP contribution in [0.2, 0.25) is 0 Å². The highest BCUT2D eigenvalue weighted by Crippen LogP contribution is 2.34. The van der Waals surface area contributed by atoms with Crippen molar-refractivity contribution in [2.24, 2.45) is 0 Å². The SMILES string of the molecule is C1CCC(c2n[nH]c3c2CNCC3)CC1. The van der Waals surface area contributed by atoms with Crippen LogP contribution in [0.3, 0.4) is 0 Å². The average Bonchev–Trinajstić information content (AvgIpc) is 2.74. The van der Waals surface area contributed by atoms with Crippen molar-refractivity contribution < 1.29 is 0 Å². The Morgan fingerprint density at radius 2 is 2.00 bits per heavy atom. The zero-order valence-electron chi connectivity index (χ0n) is 9.18. The van der Waals surface area contributed by atoms with Crippen molar-refractivity contribution >= 4 is 0 Å². The third kappa shape index (κ3) is 1.69. The Balaban J connectivity index is 1.87. The Morgan fingerprint density at radius 1 is 1.13 bits per heavy atom. The molecular formula is C12H19N3. The van der Waals surface area contributed by atoms with E-state index in [0.29, 0.717) is 0 Å². The van der Waals surface area contributed by atoms with E-state index in [1.54, 1.807) is 0 Å². The fourth-order valence-corrected chi connectivity index (χ4v) is 2.96. The molecule has 1 aliphatic carbocycles. The smallest absolute Gasteiger partial charge is 0.0700 e. The molecular weight excluding hydrogens is 186 g/mol. The summed E-state index contributed by atoms with van der Waals surface area (Å²) in [6.45, 7) is 2.12. The van der Waals surface area contributed by atoms with Crippen molar-refractivity contribution in [1.82, 2.24) is 15.5 Å². The summed E-state index contributed by atoms with van der Waals surface area (Å²) < 4.78 is 0. The summed E-state index contributed by atoms with van der Waals surface area (Å²) in [6.07, 6.45) is 8.00. The van der Waals surface area contributed by atoms with Gasteiger partial charge in [0.25, 0.3) is 0 Å². The van der Waals surface area contributed by atoms with Gasteiger partial charge in [-0.25, -0.2) is 0 Å². The molecule has 0 saturated heterocycles. The maximum Gasteiger partial charge on any atom is 0.0700 e. The highest BCUT2D eigenvalue weighted by atomic mass is 15.1. The molecule has 3 nitrogen and oxygen atoms in total. The largest absolute Gasteiger partial charge is 0.312 e. The highest BCUT2D eigenvalue weighted by molar-refractivity contribution is 5.30. The van der Waals surface area contributed by atoms with Gasteiger partial charge in [-0.3, -0.25) is 5.10 Å². The van der Waals surface area contributed by atoms with E-state index >= 15 is 0 Å². The van der Waals surface area contributed by atoms with Crippen LogP contribution >= 0.6 is 0 Å². The van der Waals surface area contributed by atoms with Gasteiger partial charge in [0, 0.05) is 36.7 Å². The molecule has 3 rings (SSSR count). The Bertz CT molecular complexity index is 337. The normalized spacial score (nSPS) is 22.7. The number of hydrogen-bond acceptors (Lipinski definition) is 2. The zero-order valence-corrected chi connectivity index (χ0v) is 9.18. The lowest BCUT2D eigenvalue weighted by Crippen LogP contribution is -2.24. The number of aromatic nitrogens is 2. The summed E-state index contributed by atoms with van der Waals surface area (Å²) in [5.74, 6) is 0.735. The van der Waals surface area contributed by atoms with Gasteiger partial charge in [0.1, 0.15) is 0 Å². The van der Waals surface area contributed by atoms with Crippen LogP contribution in [0.25, 0.3) is 0 Å². The fourth-order valence-electron chi connectivity index (χ4n) is 2.96. The quantitative estimate of drug-likeness (QED) is 0.737. The van der Waals surface area contributed by atoms with E-state index in [9.17, 15) is 0 Å². The van der Waals surface area contributed by atoms with E-state index in [4.69, 9.17) is 0 Å². The molecule has 2 heterocycles. The number of nitrogens with one attached hydrogen (secondary N) is 2. The monoisotopic (exact) mass is 205 g/mol. The average molecular weight is 205 g/mol. The number of hydrogen-bond donors (Lipinski definition) is 2. The summed E-state index contributed by atoms with van der Waals surface area (Å²) in [5, 5.41) is 11.2. The van der Waals surface area contributed by atoms with Gasteiger partial charge in [0.2, 0.25) is 0 Å². The molecule has 0 aromatic carbocycles. The van der Waals surface area contributed by atoms with Crippen LogP contribution in [0, 0.1) is 0 Å². The lowest BCUT2D eigenvalue weighted by molar-refractivity contribution is 0.433. The van der Waals surface area contributed by atoms with Crippen molar-refractivity contribution in [2.45, 2.75) is 51.0 Å². The summed E-state index contributed by atoms with van der Waals surface area (Å²) in [7, 11) is 0. The zero-order chi connectivity index (χ0) is 10.1. The molecule has 82 valence electrons. The van der Waals surface area contributed by atoms with Crippen molar-refractivity contribution in [1.29, 1.82) is 0 Å². The van der Waals surface area contributed by atoms with Gasteiger partial charge in [0.15, 0.2) is 0 Å². The lowest BCUT2D eigenvalue weighted by Gasteiger charge is -2.22. The number of rotatable bonds is 1. The number of H-pyrrole nitrogens is 1. The molecule has 0 amide bonds. The van der Waals surface area contributed by atoms with Crippen molar-refractivity contribution in [3.05, 3.63) is 17.0 Å². The second kappa shape index (κ2) is 3.97. The molecule has 2 aliphatic rings. The van der Waals surface area contributed by atoms with Crippen LogP contribution in [0.5, 0.6) is 0 Å². The van der Waals surface area contributed by atoms with E-state index in [1.807, 2.05) is 0 Å². The van der Waals surface area contributed by atoms with Gasteiger partial charge in [-0.2, -0.15) is 5.10 Å². The van der Waals surface area contributed by atoms with E-state index in [2.05, 4.69) is 15.5 Å². The van der Waals surface area contributed by atoms with Gasteiger partial charge in [-0.05, 0) is 12.8 Å². The number of nitrogens with zero attached hydrogens (tertiary/aromatic N) is 1. The van der Waals surface area contributed by atoms with Crippen molar-refractivity contribution in [2.75, 3.05) is 6.54 Å². The third-order valence-electron chi connectivity index (χ3n) is 3.83. The second-order valence-corrected chi connectivity index (χ2v) is 4.83. The second-order valence-electron chi connectivity index (χ2n) is 4.83. The number of aromatic amines is 1. The van der Waals surface area contributed by atoms with Gasteiger partial charge in [0.05, 0.1) is 5.69 Å². The van der Waals surface area contributed by atoms with Crippen molar-refractivity contribution in [3.8, 4) is 0 Å². The minimum atomic E-state index is 0.735. The van der Waals surface area contributed by atoms with Gasteiger partial charge >= 0.3 is 0 Å². The molecule has 1 aromatic rings. The first-order chi connectivity index (χ1) is 7.45. The Hall–Kier alpha value is -0.830. The van der Waals surface area contributed by atoms with Crippen LogP contribution in [-0.4, -0.2) is 16.7 Å². The van der Waals surface area contributed by atoms with E-state index in [1.165, 1.54) is 49.1 Å². The van der Waals surface area contributed by atoms with Crippen LogP contribution in [0.1, 0.15) is 55.0 Å². The molecule has 0 atom stereocenters. The minimum Gasteiger partial charge on any atom is -0.312 e. The molecule has 0 unspecified atom stereocenters. The van der Waals surface area contributed by atoms with E-state index in [0.717, 1.165) is 25.4 Å². The van der Waals surface area contributed by atoms with E-state index in [-0.39, 0.29) is 0 Å². The highest BCUT2D eigenvalue weighted by Gasteiger charge is 2.24. The molecule has 0 spiro atoms. The fraction of sp³-hybridized carbons (Fsp3) is 0.750. The predicted octanol–water partition coefficient (Wildman–Crippen LogP) is 2.10. The van der Waals surface area contributed by atoms with Crippen LogP contribution < -0.4 is 5.32 Å². The maximum atomic E-state index is 4.56. The van der Waals surface area contributed by atoms with Crippen LogP contribution in [0.15, 0.2) is 0 Å². The molecule has 1 saturated carbocycles. The maximum absolute atomic E-state index is 4.56. The summed E-state index contributed by atoms with van der Waals surface area (Å²) in [4.78, 5) is 0. The molecule has 15 heavy (non-hydrogen) atoms. The molecule has 1 aromatic heterocycles. The topological polar surface area (TPSA) is 40.7 Å². The van der Waals surface area contributed by atoms with Crippen LogP contribution in [0.4, 0.5) is 0 Å². The van der Waals surface area contributed by atoms with Gasteiger partial charge in [-0.15, -0.1) is 0 Å². The van der Waals surface area contributed by atoms with Crippen LogP contribution in [-0.2, 0) is 13.0 Å². The standard InChI is InChI=1S/C12H19N3/c1-2-4-9(5-3-1)12-10-8-13-7-6-11(10)14-15-12/h9,13H,1-8H2,(H,14,15). The first kappa shape index (κ1) is 9.40. The third-order valence-corrected chi connectivity index (χ3v) is 3.83. The first-order valence-electron chi connectivity index (χ1n) is 6.22. The first-order valence-corrected chi connectivity index (χ1v) is 6.22. The number of fused-ring (bicyclic) bond motifs is 1. The van der Waals surface area contributed by atoms with E-state index < -0.39 is 0 Å². The van der Waals surface area contributed by atoms with Gasteiger partial charge < -0.3 is 5.32 Å². The Labute approximate surface area is 90.7 Å². The summed E-state index contributed by atoms with van der Waals surface area (Å²) >= 11 is 0. The Morgan fingerprint density at radius 3 is 2.87 bits per heavy atom. The van der Waals surface area contributed by atoms with Gasteiger partial charge in [-0.1, -0.05) is 19.3 Å². The molecule has 1 aliphatic heterocycles. The lowest BCUT2D eigenvalue weighted by atomic mass is 9.85. The molecule has 2 N–H and O–H groups in total. The van der Waals surface area contributed by atoms with Crippen molar-refractivity contribution in [3.63, 3.8) is 0 Å². The predicted molar refractivity (Wildman–Crippen MR) is 59.8 cm³/mol. The summed E-state index contributed by atoms with van der Waals surface area (Å²) in [6, 6.07) is 0.